The largest absolute Gasteiger partial charge is 0.423 e. The van der Waals surface area contributed by atoms with E-state index in [2.05, 4.69) is 17.1 Å². The van der Waals surface area contributed by atoms with Crippen LogP contribution in [0.1, 0.15) is 63.8 Å². The maximum atomic E-state index is 5.71. The van der Waals surface area contributed by atoms with E-state index in [-0.39, 0.29) is 11.5 Å². The molecular formula is C11H19N3O. The molecule has 0 aliphatic heterocycles. The third-order valence-electron chi connectivity index (χ3n) is 3.52. The van der Waals surface area contributed by atoms with E-state index >= 15 is 0 Å². The highest BCUT2D eigenvalue weighted by Crippen LogP contribution is 2.43. The van der Waals surface area contributed by atoms with Crippen molar-refractivity contribution in [2.45, 2.75) is 57.4 Å². The lowest BCUT2D eigenvalue weighted by atomic mass is 9.83. The van der Waals surface area contributed by atoms with Crippen molar-refractivity contribution in [3.8, 4) is 0 Å². The van der Waals surface area contributed by atoms with Crippen LogP contribution in [0.3, 0.4) is 0 Å². The van der Waals surface area contributed by atoms with Crippen molar-refractivity contribution in [3.63, 3.8) is 0 Å². The van der Waals surface area contributed by atoms with Crippen molar-refractivity contribution in [1.29, 1.82) is 0 Å². The second-order valence-corrected chi connectivity index (χ2v) is 4.58. The maximum Gasteiger partial charge on any atom is 0.232 e. The van der Waals surface area contributed by atoms with Gasteiger partial charge in [0.2, 0.25) is 11.8 Å². The van der Waals surface area contributed by atoms with E-state index in [1.807, 2.05) is 6.92 Å². The van der Waals surface area contributed by atoms with Gasteiger partial charge in [0.1, 0.15) is 0 Å². The minimum Gasteiger partial charge on any atom is -0.423 e. The number of nitrogens with zero attached hydrogens (tertiary/aromatic N) is 2. The number of hydrogen-bond acceptors (Lipinski definition) is 4. The van der Waals surface area contributed by atoms with Crippen LogP contribution in [0.25, 0.3) is 0 Å². The molecule has 4 heteroatoms. The molecule has 0 amide bonds. The second kappa shape index (κ2) is 3.93. The first-order valence-corrected chi connectivity index (χ1v) is 5.77. The third-order valence-corrected chi connectivity index (χ3v) is 3.52. The van der Waals surface area contributed by atoms with Gasteiger partial charge >= 0.3 is 0 Å². The smallest absolute Gasteiger partial charge is 0.232 e. The molecule has 84 valence electrons. The molecule has 1 aromatic rings. The Balaban J connectivity index is 2.27. The highest BCUT2D eigenvalue weighted by atomic mass is 16.4. The molecule has 1 unspecified atom stereocenters. The van der Waals surface area contributed by atoms with Crippen molar-refractivity contribution in [3.05, 3.63) is 11.8 Å². The van der Waals surface area contributed by atoms with Gasteiger partial charge in [-0.1, -0.05) is 19.8 Å². The van der Waals surface area contributed by atoms with E-state index in [4.69, 9.17) is 10.2 Å². The topological polar surface area (TPSA) is 64.9 Å². The molecule has 2 rings (SSSR count). The fourth-order valence-electron chi connectivity index (χ4n) is 2.40. The first-order chi connectivity index (χ1) is 7.18. The molecule has 0 saturated heterocycles. The van der Waals surface area contributed by atoms with Gasteiger partial charge in [-0.05, 0) is 26.2 Å². The number of hydrogen-bond donors (Lipinski definition) is 1. The van der Waals surface area contributed by atoms with Crippen LogP contribution >= 0.6 is 0 Å². The molecule has 1 saturated carbocycles. The molecule has 1 fully saturated rings. The van der Waals surface area contributed by atoms with E-state index in [1.165, 1.54) is 25.7 Å². The van der Waals surface area contributed by atoms with Gasteiger partial charge in [-0.3, -0.25) is 0 Å². The molecule has 4 nitrogen and oxygen atoms in total. The average molecular weight is 209 g/mol. The van der Waals surface area contributed by atoms with Gasteiger partial charge in [-0.15, -0.1) is 10.2 Å². The molecule has 15 heavy (non-hydrogen) atoms. The number of nitrogens with two attached hydrogens (primary N) is 1. The minimum absolute atomic E-state index is 0.139. The lowest BCUT2D eigenvalue weighted by Gasteiger charge is -2.22. The summed E-state index contributed by atoms with van der Waals surface area (Å²) in [6, 6.07) is -0.165. The lowest BCUT2D eigenvalue weighted by molar-refractivity contribution is 0.300. The van der Waals surface area contributed by atoms with Gasteiger partial charge in [-0.25, -0.2) is 0 Å². The summed E-state index contributed by atoms with van der Waals surface area (Å²) < 4.78 is 5.68. The summed E-state index contributed by atoms with van der Waals surface area (Å²) in [7, 11) is 0. The van der Waals surface area contributed by atoms with Crippen molar-refractivity contribution in [2.24, 2.45) is 5.73 Å². The van der Waals surface area contributed by atoms with E-state index < -0.39 is 0 Å². The quantitative estimate of drug-likeness (QED) is 0.829. The van der Waals surface area contributed by atoms with Gasteiger partial charge in [-0.2, -0.15) is 0 Å². The Morgan fingerprint density at radius 2 is 2.07 bits per heavy atom. The Kier molecular flexibility index (Phi) is 2.78. The Bertz CT molecular complexity index is 326. The fraction of sp³-hybridized carbons (Fsp3) is 0.818. The van der Waals surface area contributed by atoms with Gasteiger partial charge in [0, 0.05) is 5.41 Å². The standard InChI is InChI=1S/C11H19N3O/c1-3-11(6-4-5-7-11)10-14-13-9(15-10)8(2)12/h8H,3-7,12H2,1-2H3. The monoisotopic (exact) mass is 209 g/mol. The van der Waals surface area contributed by atoms with E-state index in [0.717, 1.165) is 12.3 Å². The van der Waals surface area contributed by atoms with Crippen LogP contribution in [0, 0.1) is 0 Å². The van der Waals surface area contributed by atoms with E-state index in [9.17, 15) is 0 Å². The van der Waals surface area contributed by atoms with Gasteiger partial charge < -0.3 is 10.2 Å². The first kappa shape index (κ1) is 10.6. The zero-order valence-corrected chi connectivity index (χ0v) is 9.49. The van der Waals surface area contributed by atoms with Crippen LogP contribution in [0.15, 0.2) is 4.42 Å². The molecule has 2 N–H and O–H groups in total. The predicted octanol–water partition coefficient (Wildman–Crippen LogP) is 2.31. The van der Waals surface area contributed by atoms with Crippen molar-refractivity contribution in [2.75, 3.05) is 0 Å². The van der Waals surface area contributed by atoms with E-state index in [1.54, 1.807) is 0 Å². The van der Waals surface area contributed by atoms with Crippen LogP contribution in [0.2, 0.25) is 0 Å². The SMILES string of the molecule is CCC1(c2nnc(C(C)N)o2)CCCC1. The van der Waals surface area contributed by atoms with Crippen LogP contribution in [0.4, 0.5) is 0 Å². The Hall–Kier alpha value is -0.900. The van der Waals surface area contributed by atoms with Crippen molar-refractivity contribution in [1.82, 2.24) is 10.2 Å². The van der Waals surface area contributed by atoms with Crippen LogP contribution in [-0.4, -0.2) is 10.2 Å². The summed E-state index contributed by atoms with van der Waals surface area (Å²) in [5.74, 6) is 1.36. The second-order valence-electron chi connectivity index (χ2n) is 4.58. The molecule has 0 bridgehead atoms. The third kappa shape index (κ3) is 1.78. The molecule has 1 aromatic heterocycles. The molecule has 1 heterocycles. The summed E-state index contributed by atoms with van der Waals surface area (Å²) in [5, 5.41) is 8.18. The lowest BCUT2D eigenvalue weighted by Crippen LogP contribution is -2.21. The summed E-state index contributed by atoms with van der Waals surface area (Å²) in [5.41, 5.74) is 5.85. The highest BCUT2D eigenvalue weighted by molar-refractivity contribution is 5.07. The van der Waals surface area contributed by atoms with E-state index in [0.29, 0.717) is 5.89 Å². The zero-order chi connectivity index (χ0) is 10.9. The highest BCUT2D eigenvalue weighted by Gasteiger charge is 2.38. The Labute approximate surface area is 90.3 Å². The maximum absolute atomic E-state index is 5.71. The predicted molar refractivity (Wildman–Crippen MR) is 57.3 cm³/mol. The van der Waals surface area contributed by atoms with Crippen LogP contribution in [0.5, 0.6) is 0 Å². The molecule has 0 aromatic carbocycles. The molecule has 0 radical (unpaired) electrons. The molecule has 0 spiro atoms. The summed E-state index contributed by atoms with van der Waals surface area (Å²) >= 11 is 0. The van der Waals surface area contributed by atoms with Crippen LogP contribution in [-0.2, 0) is 5.41 Å². The molecule has 1 aliphatic rings. The summed E-state index contributed by atoms with van der Waals surface area (Å²) in [4.78, 5) is 0. The van der Waals surface area contributed by atoms with Gasteiger partial charge in [0.05, 0.1) is 6.04 Å². The fourth-order valence-corrected chi connectivity index (χ4v) is 2.40. The van der Waals surface area contributed by atoms with Gasteiger partial charge in [0.25, 0.3) is 0 Å². The zero-order valence-electron chi connectivity index (χ0n) is 9.49. The van der Waals surface area contributed by atoms with Crippen LogP contribution < -0.4 is 5.73 Å². The van der Waals surface area contributed by atoms with Crippen molar-refractivity contribution >= 4 is 0 Å². The average Bonchev–Trinajstić information content (AvgIpc) is 2.87. The first-order valence-electron chi connectivity index (χ1n) is 5.77. The summed E-state index contributed by atoms with van der Waals surface area (Å²) in [6.45, 7) is 4.06. The molecule has 1 aliphatic carbocycles. The minimum atomic E-state index is -0.165. The van der Waals surface area contributed by atoms with Crippen molar-refractivity contribution < 1.29 is 4.42 Å². The van der Waals surface area contributed by atoms with Gasteiger partial charge in [0.15, 0.2) is 0 Å². The normalized spacial score (nSPS) is 21.8. The summed E-state index contributed by atoms with van der Waals surface area (Å²) in [6.07, 6.45) is 5.95. The number of aromatic nitrogens is 2. The number of rotatable bonds is 3. The Morgan fingerprint density at radius 1 is 1.40 bits per heavy atom. The molecule has 1 atom stereocenters. The Morgan fingerprint density at radius 3 is 2.53 bits per heavy atom. The molecular weight excluding hydrogens is 190 g/mol.